The Bertz CT molecular complexity index is 728. The molecule has 0 fully saturated rings. The first-order chi connectivity index (χ1) is 10.4. The maximum atomic E-state index is 11.2. The van der Waals surface area contributed by atoms with E-state index in [0.717, 1.165) is 29.1 Å². The summed E-state index contributed by atoms with van der Waals surface area (Å²) < 4.78 is 28.4. The number of benzene rings is 1. The van der Waals surface area contributed by atoms with Gasteiger partial charge in [0.25, 0.3) is 0 Å². The van der Waals surface area contributed by atoms with Crippen molar-refractivity contribution in [2.24, 2.45) is 5.14 Å². The van der Waals surface area contributed by atoms with Crippen LogP contribution >= 0.6 is 11.3 Å². The molecule has 1 unspecified atom stereocenters. The third-order valence-electron chi connectivity index (χ3n) is 2.99. The van der Waals surface area contributed by atoms with Crippen LogP contribution in [0.3, 0.4) is 0 Å². The second kappa shape index (κ2) is 7.08. The molecule has 0 bridgehead atoms. The van der Waals surface area contributed by atoms with Gasteiger partial charge in [-0.3, -0.25) is 0 Å². The molecule has 0 aliphatic rings. The second-order valence-corrected chi connectivity index (χ2v) is 7.69. The molecule has 0 aliphatic heterocycles. The number of hydrogen-bond acceptors (Lipinski definition) is 6. The molecule has 0 saturated heterocycles. The van der Waals surface area contributed by atoms with E-state index in [-0.39, 0.29) is 10.3 Å². The first kappa shape index (κ1) is 16.7. The van der Waals surface area contributed by atoms with Crippen LogP contribution in [0.2, 0.25) is 0 Å². The number of anilines is 1. The van der Waals surface area contributed by atoms with E-state index in [2.05, 4.69) is 10.3 Å². The predicted octanol–water partition coefficient (Wildman–Crippen LogP) is 2.37. The van der Waals surface area contributed by atoms with E-state index < -0.39 is 10.0 Å². The highest BCUT2D eigenvalue weighted by atomic mass is 32.2. The van der Waals surface area contributed by atoms with Gasteiger partial charge in [-0.2, -0.15) is 0 Å². The van der Waals surface area contributed by atoms with E-state index in [1.54, 1.807) is 0 Å². The largest absolute Gasteiger partial charge is 0.489 e. The Labute approximate surface area is 134 Å². The van der Waals surface area contributed by atoms with Crippen LogP contribution in [-0.4, -0.2) is 26.1 Å². The van der Waals surface area contributed by atoms with Crippen LogP contribution in [0.4, 0.5) is 5.13 Å². The number of ether oxygens (including phenoxy) is 1. The van der Waals surface area contributed by atoms with E-state index in [4.69, 9.17) is 9.88 Å². The number of nitrogens with zero attached hydrogens (tertiary/aromatic N) is 1. The lowest BCUT2D eigenvalue weighted by molar-refractivity contribution is 0.210. The van der Waals surface area contributed by atoms with Gasteiger partial charge in [0.15, 0.2) is 9.34 Å². The normalized spacial score (nSPS) is 12.9. The van der Waals surface area contributed by atoms with Crippen molar-refractivity contribution in [3.63, 3.8) is 0 Å². The fraction of sp³-hybridized carbons (Fsp3) is 0.357. The minimum atomic E-state index is -3.69. The maximum Gasteiger partial charge on any atom is 0.249 e. The Morgan fingerprint density at radius 1 is 1.45 bits per heavy atom. The zero-order valence-corrected chi connectivity index (χ0v) is 14.1. The lowest BCUT2D eigenvalue weighted by Gasteiger charge is -2.18. The molecule has 0 spiro atoms. The van der Waals surface area contributed by atoms with E-state index in [0.29, 0.717) is 11.7 Å². The zero-order valence-electron chi connectivity index (χ0n) is 12.4. The van der Waals surface area contributed by atoms with Crippen LogP contribution in [-0.2, 0) is 10.0 Å². The van der Waals surface area contributed by atoms with Crippen molar-refractivity contribution in [1.29, 1.82) is 0 Å². The van der Waals surface area contributed by atoms with Crippen LogP contribution < -0.4 is 15.2 Å². The summed E-state index contributed by atoms with van der Waals surface area (Å²) in [5.74, 6) is 0.818. The van der Waals surface area contributed by atoms with Crippen LogP contribution in [0.15, 0.2) is 34.7 Å². The van der Waals surface area contributed by atoms with Gasteiger partial charge in [0.1, 0.15) is 11.9 Å². The molecule has 1 aromatic carbocycles. The predicted molar refractivity (Wildman–Crippen MR) is 87.9 cm³/mol. The third-order valence-corrected chi connectivity index (χ3v) is 5.36. The van der Waals surface area contributed by atoms with Crippen LogP contribution in [0.1, 0.15) is 18.9 Å². The van der Waals surface area contributed by atoms with Crippen molar-refractivity contribution in [2.75, 3.05) is 11.9 Å². The van der Waals surface area contributed by atoms with Gasteiger partial charge < -0.3 is 10.1 Å². The lowest BCUT2D eigenvalue weighted by Crippen LogP contribution is -2.25. The van der Waals surface area contributed by atoms with Gasteiger partial charge in [0.05, 0.1) is 12.7 Å². The highest BCUT2D eigenvalue weighted by Crippen LogP contribution is 2.22. The highest BCUT2D eigenvalue weighted by molar-refractivity contribution is 7.91. The standard InChI is InChI=1S/C14H19N3O3S2/c1-3-11(20-12-6-4-5-10(2)7-12)8-16-14-17-9-13(21-14)22(15,18)19/h4-7,9,11H,3,8H2,1-2H3,(H,16,17)(H2,15,18,19). The molecule has 2 aromatic rings. The zero-order chi connectivity index (χ0) is 16.2. The Kier molecular flexibility index (Phi) is 5.38. The van der Waals surface area contributed by atoms with E-state index in [1.165, 1.54) is 6.20 Å². The van der Waals surface area contributed by atoms with Gasteiger partial charge in [0, 0.05) is 0 Å². The fourth-order valence-electron chi connectivity index (χ4n) is 1.82. The van der Waals surface area contributed by atoms with Crippen molar-refractivity contribution in [2.45, 2.75) is 30.6 Å². The minimum absolute atomic E-state index is 0.0383. The molecule has 0 aliphatic carbocycles. The van der Waals surface area contributed by atoms with E-state index in [9.17, 15) is 8.42 Å². The maximum absolute atomic E-state index is 11.2. The number of aromatic nitrogens is 1. The summed E-state index contributed by atoms with van der Waals surface area (Å²) in [6, 6.07) is 7.85. The lowest BCUT2D eigenvalue weighted by atomic mass is 10.2. The topological polar surface area (TPSA) is 94.3 Å². The first-order valence-corrected chi connectivity index (χ1v) is 9.20. The smallest absolute Gasteiger partial charge is 0.249 e. The molecule has 8 heteroatoms. The SMILES string of the molecule is CCC(CNc1ncc(S(N)(=O)=O)s1)Oc1cccc(C)c1. The summed E-state index contributed by atoms with van der Waals surface area (Å²) in [6.45, 7) is 4.57. The van der Waals surface area contributed by atoms with Crippen molar-refractivity contribution < 1.29 is 13.2 Å². The molecular weight excluding hydrogens is 322 g/mol. The molecule has 0 amide bonds. The molecule has 120 valence electrons. The Hall–Kier alpha value is -1.64. The quantitative estimate of drug-likeness (QED) is 0.806. The fourth-order valence-corrected chi connectivity index (χ4v) is 3.28. The second-order valence-electron chi connectivity index (χ2n) is 4.87. The molecule has 6 nitrogen and oxygen atoms in total. The summed E-state index contributed by atoms with van der Waals surface area (Å²) in [5.41, 5.74) is 1.14. The molecule has 1 atom stereocenters. The molecular formula is C14H19N3O3S2. The third kappa shape index (κ3) is 4.69. The van der Waals surface area contributed by atoms with E-state index in [1.807, 2.05) is 38.1 Å². The highest BCUT2D eigenvalue weighted by Gasteiger charge is 2.14. The molecule has 22 heavy (non-hydrogen) atoms. The number of aryl methyl sites for hydroxylation is 1. The van der Waals surface area contributed by atoms with Gasteiger partial charge in [-0.1, -0.05) is 30.4 Å². The van der Waals surface area contributed by atoms with Gasteiger partial charge in [0.2, 0.25) is 10.0 Å². The Morgan fingerprint density at radius 3 is 2.82 bits per heavy atom. The van der Waals surface area contributed by atoms with Crippen molar-refractivity contribution in [1.82, 2.24) is 4.98 Å². The summed E-state index contributed by atoms with van der Waals surface area (Å²) in [5, 5.41) is 8.65. The summed E-state index contributed by atoms with van der Waals surface area (Å²) >= 11 is 1.01. The van der Waals surface area contributed by atoms with Crippen molar-refractivity contribution in [3.05, 3.63) is 36.0 Å². The number of nitrogens with two attached hydrogens (primary N) is 1. The molecule has 0 radical (unpaired) electrons. The number of nitrogens with one attached hydrogen (secondary N) is 1. The number of sulfonamides is 1. The number of rotatable bonds is 7. The summed E-state index contributed by atoms with van der Waals surface area (Å²) in [4.78, 5) is 4.00. The number of primary sulfonamides is 1. The van der Waals surface area contributed by atoms with Crippen molar-refractivity contribution >= 4 is 26.5 Å². The van der Waals surface area contributed by atoms with Crippen LogP contribution in [0.5, 0.6) is 5.75 Å². The number of hydrogen-bond donors (Lipinski definition) is 2. The Morgan fingerprint density at radius 2 is 2.23 bits per heavy atom. The van der Waals surface area contributed by atoms with Gasteiger partial charge in [-0.25, -0.2) is 18.5 Å². The molecule has 1 aromatic heterocycles. The molecule has 2 rings (SSSR count). The van der Waals surface area contributed by atoms with E-state index >= 15 is 0 Å². The van der Waals surface area contributed by atoms with Crippen LogP contribution in [0.25, 0.3) is 0 Å². The monoisotopic (exact) mass is 341 g/mol. The number of thiazole rings is 1. The average Bonchev–Trinajstić information content (AvgIpc) is 2.92. The van der Waals surface area contributed by atoms with Gasteiger partial charge in [-0.15, -0.1) is 0 Å². The summed E-state index contributed by atoms with van der Waals surface area (Å²) in [6.07, 6.45) is 2.03. The average molecular weight is 341 g/mol. The van der Waals surface area contributed by atoms with Gasteiger partial charge >= 0.3 is 0 Å². The minimum Gasteiger partial charge on any atom is -0.489 e. The first-order valence-electron chi connectivity index (χ1n) is 6.84. The van der Waals surface area contributed by atoms with Gasteiger partial charge in [-0.05, 0) is 31.0 Å². The molecule has 3 N–H and O–H groups in total. The van der Waals surface area contributed by atoms with Crippen molar-refractivity contribution in [3.8, 4) is 5.75 Å². The molecule has 1 heterocycles. The Balaban J connectivity index is 1.95. The molecule has 0 saturated carbocycles. The van der Waals surface area contributed by atoms with Crippen LogP contribution in [0, 0.1) is 6.92 Å². The summed E-state index contributed by atoms with van der Waals surface area (Å²) in [7, 11) is -3.69.